The van der Waals surface area contributed by atoms with Crippen molar-refractivity contribution in [1.82, 2.24) is 14.5 Å². The summed E-state index contributed by atoms with van der Waals surface area (Å²) in [4.78, 5) is 13.9. The van der Waals surface area contributed by atoms with E-state index in [9.17, 15) is 0 Å². The number of rotatable bonds is 9. The van der Waals surface area contributed by atoms with E-state index in [2.05, 4.69) is 210 Å². The molecular weight excluding hydrogens is 1130 g/mol. The van der Waals surface area contributed by atoms with E-state index in [0.29, 0.717) is 6.61 Å². The Morgan fingerprint density at radius 3 is 1.66 bits per heavy atom. The number of hydrogen-bond donors (Lipinski definition) is 0. The van der Waals surface area contributed by atoms with Crippen molar-refractivity contribution in [2.75, 3.05) is 9.80 Å². The van der Waals surface area contributed by atoms with Gasteiger partial charge >= 0.3 is 42.7 Å². The third-order valence-electron chi connectivity index (χ3n) is 13.8. The fourth-order valence-corrected chi connectivity index (χ4v) is 9.67. The van der Waals surface area contributed by atoms with Gasteiger partial charge in [0.1, 0.15) is 5.82 Å². The maximum atomic E-state index is 6.88. The number of benzene rings is 4. The van der Waals surface area contributed by atoms with E-state index in [-0.39, 0.29) is 54.3 Å². The summed E-state index contributed by atoms with van der Waals surface area (Å²) >= 11 is 0. The number of aromatic nitrogens is 3. The molecule has 19 heteroatoms. The van der Waals surface area contributed by atoms with E-state index in [1.54, 1.807) is 0 Å². The Balaban J connectivity index is 0.00000706. The molecule has 0 aliphatic carbocycles. The summed E-state index contributed by atoms with van der Waals surface area (Å²) in [6, 6.07) is 38.8. The molecule has 3 aromatic heterocycles. The zero-order chi connectivity index (χ0) is 53.4. The van der Waals surface area contributed by atoms with Gasteiger partial charge in [-0.15, -0.1) is 23.2 Å². The zero-order valence-electron chi connectivity index (χ0n) is 46.8. The molecule has 0 atom stereocenters. The minimum absolute atomic E-state index is 0. The monoisotopic (exact) mass is 1200 g/mol. The number of anilines is 4. The van der Waals surface area contributed by atoms with Crippen LogP contribution in [-0.2, 0) is 71.9 Å². The van der Waals surface area contributed by atoms with Gasteiger partial charge in [-0.1, -0.05) is 176 Å². The maximum absolute atomic E-state index is 6.88. The Morgan fingerprint density at radius 2 is 1.09 bits per heavy atom. The van der Waals surface area contributed by atoms with Crippen LogP contribution in [0.15, 0.2) is 110 Å². The number of fused-ring (bicyclic) bond motifs is 4. The maximum Gasteiger partial charge on any atom is 0.468 e. The molecule has 4 aromatic carbocycles. The number of pyridine rings is 2. The fraction of sp³-hybridized carbons (Fsp3) is 0.386. The fourth-order valence-electron chi connectivity index (χ4n) is 9.67. The second-order valence-electron chi connectivity index (χ2n) is 25.6. The van der Waals surface area contributed by atoms with E-state index in [1.807, 2.05) is 36.8 Å². The molecule has 3 aliphatic heterocycles. The molecule has 0 saturated carbocycles. The van der Waals surface area contributed by atoms with Crippen molar-refractivity contribution < 1.29 is 53.2 Å². The van der Waals surface area contributed by atoms with Crippen molar-refractivity contribution >= 4 is 98.2 Å². The minimum atomic E-state index is -0.820. The minimum Gasteiger partial charge on any atom is -0.492 e. The van der Waals surface area contributed by atoms with Crippen molar-refractivity contribution in [3.63, 3.8) is 0 Å². The first-order valence-corrected chi connectivity index (χ1v) is 26.3. The van der Waals surface area contributed by atoms with Gasteiger partial charge in [0.25, 0.3) is 0 Å². The molecule has 0 bridgehead atoms. The average Bonchev–Trinajstić information content (AvgIpc) is 3.91. The molecular formula is C57H68B6N5O7Pt-3. The molecule has 0 N–H and O–H groups in total. The molecule has 10 rings (SSSR count). The van der Waals surface area contributed by atoms with E-state index in [1.165, 1.54) is 5.56 Å². The first kappa shape index (κ1) is 56.1. The zero-order valence-corrected chi connectivity index (χ0v) is 49.0. The first-order valence-electron chi connectivity index (χ1n) is 26.3. The molecule has 0 amide bonds. The van der Waals surface area contributed by atoms with Crippen LogP contribution in [-0.4, -0.2) is 57.2 Å². The van der Waals surface area contributed by atoms with Crippen LogP contribution >= 0.6 is 0 Å². The predicted octanol–water partition coefficient (Wildman–Crippen LogP) is 12.3. The van der Waals surface area contributed by atoms with E-state index in [4.69, 9.17) is 42.1 Å². The second kappa shape index (κ2) is 21.2. The Kier molecular flexibility index (Phi) is 15.7. The predicted molar refractivity (Wildman–Crippen MR) is 308 cm³/mol. The summed E-state index contributed by atoms with van der Waals surface area (Å²) < 4.78 is 49.3. The Morgan fingerprint density at radius 1 is 0.553 bits per heavy atom. The van der Waals surface area contributed by atoms with Crippen molar-refractivity contribution in [3.8, 4) is 5.82 Å². The third kappa shape index (κ3) is 11.4. The van der Waals surface area contributed by atoms with Gasteiger partial charge in [-0.05, 0) is 68.0 Å². The van der Waals surface area contributed by atoms with Crippen LogP contribution in [0.2, 0.25) is 21.3 Å². The molecule has 0 unspecified atom stereocenters. The van der Waals surface area contributed by atoms with Crippen molar-refractivity contribution in [2.45, 2.75) is 144 Å². The summed E-state index contributed by atoms with van der Waals surface area (Å²) in [5, 5.41) is 0.821. The molecule has 0 radical (unpaired) electrons. The normalized spacial score (nSPS) is 16.1. The molecule has 3 aliphatic rings. The Bertz CT molecular complexity index is 3110. The van der Waals surface area contributed by atoms with Crippen LogP contribution in [0.3, 0.4) is 0 Å². The molecule has 7 aromatic rings. The van der Waals surface area contributed by atoms with Gasteiger partial charge in [0.05, 0.1) is 6.61 Å². The van der Waals surface area contributed by atoms with Crippen LogP contribution in [0.4, 0.5) is 22.7 Å². The standard InChI is InChI=1S/C57H68B6N5O7.Pt/c1-53(2,3)41-29-30-65-51(33-41)68-47-24-17-16-21-43(47)44-28-27-39(32-50(44)68)36-69-37-40-31-42(35-64-34-40)66-38-67(49-26-19-18-25-48(49)66)52-45(58-70-60(54(4,5)6)74-61(71-58)55(7,8)9)22-20-23-46(52)59-72-62(56(10,11)12)75-63(73-59)57(13,14)15;/h16-30,33-35,38H,36-37H2,1-15H3;/q-3;. The molecule has 76 heavy (non-hydrogen) atoms. The van der Waals surface area contributed by atoms with Gasteiger partial charge in [0, 0.05) is 67.4 Å². The van der Waals surface area contributed by atoms with Crippen molar-refractivity contribution in [3.05, 3.63) is 145 Å². The van der Waals surface area contributed by atoms with E-state index < -0.39 is 42.7 Å². The van der Waals surface area contributed by atoms with Crippen LogP contribution in [0, 0.1) is 18.8 Å². The van der Waals surface area contributed by atoms with Crippen LogP contribution < -0.4 is 20.7 Å². The topological polar surface area (TPSA) is 102 Å². The molecule has 12 nitrogen and oxygen atoms in total. The van der Waals surface area contributed by atoms with Gasteiger partial charge in [-0.25, -0.2) is 4.98 Å². The van der Waals surface area contributed by atoms with E-state index in [0.717, 1.165) is 72.4 Å². The number of nitrogens with zero attached hydrogens (tertiary/aromatic N) is 5. The third-order valence-corrected chi connectivity index (χ3v) is 13.8. The summed E-state index contributed by atoms with van der Waals surface area (Å²) in [6.45, 7) is 34.8. The van der Waals surface area contributed by atoms with Gasteiger partial charge in [-0.3, -0.25) is 0 Å². The van der Waals surface area contributed by atoms with Crippen LogP contribution in [0.25, 0.3) is 27.6 Å². The summed E-state index contributed by atoms with van der Waals surface area (Å²) in [7, 11) is -3.91. The average molecular weight is 1200 g/mol. The Labute approximate surface area is 467 Å². The van der Waals surface area contributed by atoms with Crippen LogP contribution in [0.1, 0.15) is 121 Å². The Hall–Kier alpha value is -4.62. The van der Waals surface area contributed by atoms with E-state index >= 15 is 0 Å². The largest absolute Gasteiger partial charge is 0.492 e. The van der Waals surface area contributed by atoms with Gasteiger partial charge in [0.2, 0.25) is 0 Å². The summed E-state index contributed by atoms with van der Waals surface area (Å²) in [6.07, 6.45) is 5.54. The SMILES string of the molecule is CC(C)(C)B1OB(c2cccc(B3OB(C(C)(C)C)OB(C(C)(C)C)O3)c2N2[CH-]N(c3[c-]c(COCc4[c-]c5c(cc4)c4ccccc4n5-c4cc(C(C)(C)C)ccn4)cnc3)c3ccccc32)OB(C(C)(C)C)O1.[Pt]. The van der Waals surface area contributed by atoms with Crippen LogP contribution in [0.5, 0.6) is 0 Å². The molecule has 2 fully saturated rings. The van der Waals surface area contributed by atoms with Gasteiger partial charge < -0.3 is 51.5 Å². The number of ether oxygens (including phenoxy) is 1. The van der Waals surface area contributed by atoms with Gasteiger partial charge in [-0.2, -0.15) is 24.3 Å². The number of para-hydroxylation sites is 4. The first-order chi connectivity index (χ1) is 35.3. The molecule has 6 heterocycles. The summed E-state index contributed by atoms with van der Waals surface area (Å²) in [5.74, 6) is 0.862. The molecule has 2 saturated heterocycles. The summed E-state index contributed by atoms with van der Waals surface area (Å²) in [5.41, 5.74) is 9.92. The smallest absolute Gasteiger partial charge is 0.468 e. The quantitative estimate of drug-likeness (QED) is 0.102. The van der Waals surface area contributed by atoms with Gasteiger partial charge in [0.15, 0.2) is 0 Å². The molecule has 0 spiro atoms. The van der Waals surface area contributed by atoms with Crippen molar-refractivity contribution in [2.24, 2.45) is 0 Å². The molecule has 394 valence electrons. The van der Waals surface area contributed by atoms with Crippen molar-refractivity contribution in [1.29, 1.82) is 0 Å². The number of hydrogen-bond acceptors (Lipinski definition) is 11. The second-order valence-corrected chi connectivity index (χ2v) is 25.6.